The molecule has 0 radical (unpaired) electrons. The fraction of sp³-hybridized carbons (Fsp3) is 0.439. The summed E-state index contributed by atoms with van der Waals surface area (Å²) >= 11 is 0. The molecular weight excluding hydrogens is 624 g/mol. The van der Waals surface area contributed by atoms with Crippen molar-refractivity contribution in [3.05, 3.63) is 83.9 Å². The van der Waals surface area contributed by atoms with Gasteiger partial charge in [0.05, 0.1) is 18.3 Å². The molecule has 4 heterocycles. The minimum Gasteiger partial charge on any atom is -0.494 e. The molecule has 2 unspecified atom stereocenters. The Hall–Kier alpha value is -4.63. The lowest BCUT2D eigenvalue weighted by Crippen LogP contribution is -2.52. The fourth-order valence-corrected chi connectivity index (χ4v) is 9.38. The van der Waals surface area contributed by atoms with E-state index in [1.54, 1.807) is 7.11 Å². The van der Waals surface area contributed by atoms with E-state index in [2.05, 4.69) is 63.7 Å². The van der Waals surface area contributed by atoms with E-state index in [1.165, 1.54) is 29.3 Å². The van der Waals surface area contributed by atoms with Crippen LogP contribution < -0.4 is 10.5 Å². The average Bonchev–Trinajstić information content (AvgIpc) is 4.00. The molecule has 50 heavy (non-hydrogen) atoms. The Morgan fingerprint density at radius 1 is 0.880 bits per heavy atom. The van der Waals surface area contributed by atoms with Gasteiger partial charge in [-0.05, 0) is 79.7 Å². The number of benzene rings is 3. The first-order valence-electron chi connectivity index (χ1n) is 18.5. The van der Waals surface area contributed by atoms with E-state index in [1.807, 2.05) is 28.0 Å². The number of hydrogen-bond donors (Lipinski definition) is 1. The lowest BCUT2D eigenvalue weighted by Gasteiger charge is -2.40. The molecule has 2 bridgehead atoms. The molecule has 0 spiro atoms. The Kier molecular flexibility index (Phi) is 6.92. The van der Waals surface area contributed by atoms with Crippen molar-refractivity contribution < 1.29 is 14.3 Å². The maximum atomic E-state index is 14.0. The number of nitrogens with two attached hydrogens (primary N) is 1. The van der Waals surface area contributed by atoms with Crippen LogP contribution in [0.5, 0.6) is 5.75 Å². The van der Waals surface area contributed by atoms with E-state index in [9.17, 15) is 9.59 Å². The van der Waals surface area contributed by atoms with Gasteiger partial charge in [0.25, 0.3) is 5.91 Å². The van der Waals surface area contributed by atoms with Gasteiger partial charge in [-0.2, -0.15) is 0 Å². The Labute approximate surface area is 292 Å². The van der Waals surface area contributed by atoms with Gasteiger partial charge in [0.2, 0.25) is 5.91 Å². The third-order valence-corrected chi connectivity index (χ3v) is 12.4. The number of carbonyl (C=O) groups excluding carboxylic acids is 2. The first kappa shape index (κ1) is 30.2. The number of likely N-dealkylation sites (tertiary alicyclic amines) is 2. The molecule has 2 saturated heterocycles. The zero-order chi connectivity index (χ0) is 33.7. The third kappa shape index (κ3) is 4.88. The van der Waals surface area contributed by atoms with Gasteiger partial charge in [0.15, 0.2) is 5.82 Å². The smallest absolute Gasteiger partial charge is 0.254 e. The van der Waals surface area contributed by atoms with Crippen LogP contribution in [0.3, 0.4) is 0 Å². The summed E-state index contributed by atoms with van der Waals surface area (Å²) in [5.74, 6) is 3.62. The van der Waals surface area contributed by atoms with Crippen molar-refractivity contribution in [2.75, 3.05) is 26.7 Å². The average molecular weight is 669 g/mol. The highest BCUT2D eigenvalue weighted by molar-refractivity contribution is 6.00. The number of amides is 2. The molecule has 3 saturated carbocycles. The molecule has 10 rings (SSSR count). The van der Waals surface area contributed by atoms with E-state index in [4.69, 9.17) is 15.5 Å². The summed E-state index contributed by atoms with van der Waals surface area (Å²) in [5, 5.41) is 1.20. The van der Waals surface area contributed by atoms with Crippen LogP contribution in [-0.4, -0.2) is 74.6 Å². The van der Waals surface area contributed by atoms with Crippen LogP contribution in [0.2, 0.25) is 0 Å². The quantitative estimate of drug-likeness (QED) is 0.211. The van der Waals surface area contributed by atoms with Crippen molar-refractivity contribution in [1.29, 1.82) is 0 Å². The Morgan fingerprint density at radius 2 is 1.66 bits per heavy atom. The molecular formula is C41H44N6O3. The highest BCUT2D eigenvalue weighted by Crippen LogP contribution is 2.49. The minimum atomic E-state index is 0.00817. The molecule has 9 heteroatoms. The van der Waals surface area contributed by atoms with Crippen LogP contribution in [0.25, 0.3) is 33.5 Å². The summed E-state index contributed by atoms with van der Waals surface area (Å²) in [6.45, 7) is 3.85. The highest BCUT2D eigenvalue weighted by atomic mass is 16.5. The number of fused-ring (bicyclic) bond motifs is 4. The SMILES string of the molecule is COc1cc(C(=O)N2CC3CCC2[C@@H]3N)cc2nc(-c3cc4ccccc4n3CC3CC3)n(CC3CN(C(=O)[C@@H]4C[C@H]4c4ccccc4)C3)c12. The number of para-hydroxylation sites is 1. The van der Waals surface area contributed by atoms with Crippen LogP contribution in [0.1, 0.15) is 53.9 Å². The second-order valence-electron chi connectivity index (χ2n) is 15.6. The Bertz CT molecular complexity index is 2140. The molecule has 2 N–H and O–H groups in total. The number of hydrogen-bond acceptors (Lipinski definition) is 5. The number of ether oxygens (including phenoxy) is 1. The summed E-state index contributed by atoms with van der Waals surface area (Å²) in [4.78, 5) is 36.9. The van der Waals surface area contributed by atoms with E-state index in [0.717, 1.165) is 68.0 Å². The van der Waals surface area contributed by atoms with Gasteiger partial charge in [-0.15, -0.1) is 0 Å². The van der Waals surface area contributed by atoms with Crippen molar-refractivity contribution in [2.45, 2.75) is 63.2 Å². The number of rotatable bonds is 9. The fourth-order valence-electron chi connectivity index (χ4n) is 9.38. The Morgan fingerprint density at radius 3 is 2.40 bits per heavy atom. The summed E-state index contributed by atoms with van der Waals surface area (Å²) in [7, 11) is 1.68. The zero-order valence-corrected chi connectivity index (χ0v) is 28.6. The number of nitrogens with zero attached hydrogens (tertiary/aromatic N) is 5. The summed E-state index contributed by atoms with van der Waals surface area (Å²) in [5.41, 5.74) is 12.3. The van der Waals surface area contributed by atoms with Crippen LogP contribution in [0.15, 0.2) is 72.8 Å². The van der Waals surface area contributed by atoms with Crippen molar-refractivity contribution in [2.24, 2.45) is 29.4 Å². The van der Waals surface area contributed by atoms with Crippen molar-refractivity contribution >= 4 is 33.8 Å². The summed E-state index contributed by atoms with van der Waals surface area (Å²) < 4.78 is 10.8. The molecule has 2 amide bonds. The minimum absolute atomic E-state index is 0.00817. The topological polar surface area (TPSA) is 98.6 Å². The third-order valence-electron chi connectivity index (χ3n) is 12.4. The Balaban J connectivity index is 1.00. The lowest BCUT2D eigenvalue weighted by atomic mass is 9.98. The molecule has 3 aliphatic carbocycles. The largest absolute Gasteiger partial charge is 0.494 e. The predicted octanol–water partition coefficient (Wildman–Crippen LogP) is 5.90. The standard InChI is InChI=1S/C41H44N6O3/c1-50-36-17-29(40(48)46-23-28-13-14-34(46)37(28)42)15-32-38(36)47(22-25-19-44(20-25)41(49)31-18-30(31)26-7-3-2-4-8-26)39(43-32)35-16-27-9-5-6-10-33(27)45(35)21-24-11-12-24/h2-10,15-17,24-25,28,30-31,34,37H,11-14,18-23,42H2,1H3/t28?,30-,31+,34?,37+/m0/s1. The van der Waals surface area contributed by atoms with E-state index < -0.39 is 0 Å². The second kappa shape index (κ2) is 11.5. The van der Waals surface area contributed by atoms with Gasteiger partial charge in [-0.1, -0.05) is 48.5 Å². The van der Waals surface area contributed by atoms with Crippen LogP contribution in [0.4, 0.5) is 0 Å². The van der Waals surface area contributed by atoms with Gasteiger partial charge in [-0.3, -0.25) is 9.59 Å². The van der Waals surface area contributed by atoms with Crippen LogP contribution >= 0.6 is 0 Å². The van der Waals surface area contributed by atoms with Crippen LogP contribution in [0, 0.1) is 23.7 Å². The highest BCUT2D eigenvalue weighted by Gasteiger charge is 2.49. The molecule has 3 aromatic carbocycles. The maximum absolute atomic E-state index is 14.0. The molecule has 256 valence electrons. The molecule has 2 aliphatic heterocycles. The monoisotopic (exact) mass is 668 g/mol. The maximum Gasteiger partial charge on any atom is 0.254 e. The van der Waals surface area contributed by atoms with Gasteiger partial charge < -0.3 is 29.4 Å². The first-order valence-corrected chi connectivity index (χ1v) is 18.5. The molecule has 9 nitrogen and oxygen atoms in total. The molecule has 5 aromatic rings. The van der Waals surface area contributed by atoms with E-state index >= 15 is 0 Å². The number of carbonyl (C=O) groups is 2. The number of piperidine rings is 1. The first-order chi connectivity index (χ1) is 24.4. The number of aromatic nitrogens is 3. The van der Waals surface area contributed by atoms with Gasteiger partial charge in [-0.25, -0.2) is 4.98 Å². The molecule has 5 aliphatic rings. The van der Waals surface area contributed by atoms with E-state index in [0.29, 0.717) is 35.6 Å². The van der Waals surface area contributed by atoms with Crippen LogP contribution in [-0.2, 0) is 17.9 Å². The number of imidazole rings is 1. The summed E-state index contributed by atoms with van der Waals surface area (Å²) in [6.07, 6.45) is 5.51. The lowest BCUT2D eigenvalue weighted by molar-refractivity contribution is -0.139. The number of methoxy groups -OCH3 is 1. The normalized spacial score (nSPS) is 25.8. The van der Waals surface area contributed by atoms with Gasteiger partial charge in [0.1, 0.15) is 11.3 Å². The molecule has 5 fully saturated rings. The second-order valence-corrected chi connectivity index (χ2v) is 15.6. The zero-order valence-electron chi connectivity index (χ0n) is 28.6. The predicted molar refractivity (Wildman–Crippen MR) is 193 cm³/mol. The van der Waals surface area contributed by atoms with Crippen molar-refractivity contribution in [3.63, 3.8) is 0 Å². The van der Waals surface area contributed by atoms with Gasteiger partial charge >= 0.3 is 0 Å². The van der Waals surface area contributed by atoms with Crippen molar-refractivity contribution in [3.8, 4) is 17.3 Å². The summed E-state index contributed by atoms with van der Waals surface area (Å²) in [6, 6.07) is 25.3. The molecule has 5 atom stereocenters. The van der Waals surface area contributed by atoms with Crippen molar-refractivity contribution in [1.82, 2.24) is 23.9 Å². The van der Waals surface area contributed by atoms with Gasteiger partial charge in [0, 0.05) is 73.1 Å². The molecule has 2 aromatic heterocycles. The van der Waals surface area contributed by atoms with E-state index in [-0.39, 0.29) is 35.7 Å².